The molecule has 6 heteroatoms. The van der Waals surface area contributed by atoms with Crippen molar-refractivity contribution in [3.05, 3.63) is 30.1 Å². The van der Waals surface area contributed by atoms with Gasteiger partial charge in [-0.25, -0.2) is 4.98 Å². The van der Waals surface area contributed by atoms with Gasteiger partial charge in [0.05, 0.1) is 11.0 Å². The smallest absolute Gasteiger partial charge is 0.287 e. The Kier molecular flexibility index (Phi) is 3.57. The highest BCUT2D eigenvalue weighted by molar-refractivity contribution is 5.94. The maximum atomic E-state index is 11.7. The molecule has 3 N–H and O–H groups in total. The van der Waals surface area contributed by atoms with Crippen molar-refractivity contribution in [3.63, 3.8) is 0 Å². The van der Waals surface area contributed by atoms with Crippen LogP contribution in [-0.2, 0) is 4.79 Å². The topological polar surface area (TPSA) is 86.9 Å². The number of imidazole rings is 1. The Morgan fingerprint density at radius 1 is 1.22 bits per heavy atom. The fourth-order valence-corrected chi connectivity index (χ4v) is 1.56. The number of aromatic amines is 1. The minimum absolute atomic E-state index is 0.118. The van der Waals surface area contributed by atoms with Crippen LogP contribution in [0.25, 0.3) is 11.0 Å². The third kappa shape index (κ3) is 2.85. The maximum absolute atomic E-state index is 11.7. The molecular weight excluding hydrogens is 232 g/mol. The molecule has 2 rings (SSSR count). The zero-order valence-electron chi connectivity index (χ0n) is 9.99. The molecule has 0 radical (unpaired) electrons. The summed E-state index contributed by atoms with van der Waals surface area (Å²) in [5.41, 5.74) is 1.58. The number of nitrogens with zero attached hydrogens (tertiary/aromatic N) is 1. The molecule has 0 aliphatic carbocycles. The fraction of sp³-hybridized carbons (Fsp3) is 0.250. The SMILES string of the molecule is CC(=O)NCCNC(=O)c1nc2ccccc2[nH]1. The lowest BCUT2D eigenvalue weighted by Gasteiger charge is -2.03. The molecule has 6 nitrogen and oxygen atoms in total. The molecular formula is C12H14N4O2. The number of H-pyrrole nitrogens is 1. The summed E-state index contributed by atoms with van der Waals surface area (Å²) in [6.07, 6.45) is 0. The minimum Gasteiger partial charge on any atom is -0.355 e. The zero-order chi connectivity index (χ0) is 13.0. The number of benzene rings is 1. The molecule has 0 aliphatic heterocycles. The molecule has 0 aliphatic rings. The van der Waals surface area contributed by atoms with Gasteiger partial charge >= 0.3 is 0 Å². The molecule has 0 saturated heterocycles. The van der Waals surface area contributed by atoms with Crippen molar-refractivity contribution in [2.45, 2.75) is 6.92 Å². The van der Waals surface area contributed by atoms with Crippen LogP contribution in [0.5, 0.6) is 0 Å². The Hall–Kier alpha value is -2.37. The number of carbonyl (C=O) groups is 2. The lowest BCUT2D eigenvalue weighted by Crippen LogP contribution is -2.34. The normalized spacial score (nSPS) is 10.3. The van der Waals surface area contributed by atoms with Crippen molar-refractivity contribution in [2.24, 2.45) is 0 Å². The van der Waals surface area contributed by atoms with Gasteiger partial charge in [0, 0.05) is 20.0 Å². The predicted octanol–water partition coefficient (Wildman–Crippen LogP) is 0.429. The Labute approximate surface area is 104 Å². The van der Waals surface area contributed by atoms with Crippen LogP contribution in [0.1, 0.15) is 17.5 Å². The summed E-state index contributed by atoms with van der Waals surface area (Å²) in [5.74, 6) is -0.122. The largest absolute Gasteiger partial charge is 0.355 e. The van der Waals surface area contributed by atoms with Crippen LogP contribution in [0.3, 0.4) is 0 Å². The number of rotatable bonds is 4. The first-order valence-electron chi connectivity index (χ1n) is 5.64. The van der Waals surface area contributed by atoms with Crippen molar-refractivity contribution in [1.82, 2.24) is 20.6 Å². The van der Waals surface area contributed by atoms with Crippen LogP contribution >= 0.6 is 0 Å². The summed E-state index contributed by atoms with van der Waals surface area (Å²) in [4.78, 5) is 29.5. The quantitative estimate of drug-likeness (QED) is 0.684. The van der Waals surface area contributed by atoms with E-state index in [2.05, 4.69) is 20.6 Å². The molecule has 2 aromatic rings. The summed E-state index contributed by atoms with van der Waals surface area (Å²) < 4.78 is 0. The second kappa shape index (κ2) is 5.31. The number of nitrogens with one attached hydrogen (secondary N) is 3. The molecule has 0 saturated carbocycles. The van der Waals surface area contributed by atoms with Gasteiger partial charge in [0.1, 0.15) is 0 Å². The van der Waals surface area contributed by atoms with Crippen LogP contribution in [0.4, 0.5) is 0 Å². The van der Waals surface area contributed by atoms with Gasteiger partial charge in [0.2, 0.25) is 5.91 Å². The Morgan fingerprint density at radius 2 is 1.94 bits per heavy atom. The van der Waals surface area contributed by atoms with E-state index in [9.17, 15) is 9.59 Å². The molecule has 2 amide bonds. The van der Waals surface area contributed by atoms with Crippen LogP contribution in [0.15, 0.2) is 24.3 Å². The number of para-hydroxylation sites is 2. The van der Waals surface area contributed by atoms with E-state index in [4.69, 9.17) is 0 Å². The van der Waals surface area contributed by atoms with Crippen molar-refractivity contribution >= 4 is 22.8 Å². The highest BCUT2D eigenvalue weighted by Crippen LogP contribution is 2.09. The predicted molar refractivity (Wildman–Crippen MR) is 67.1 cm³/mol. The summed E-state index contributed by atoms with van der Waals surface area (Å²) in [7, 11) is 0. The van der Waals surface area contributed by atoms with Gasteiger partial charge in [-0.2, -0.15) is 0 Å². The first-order chi connectivity index (χ1) is 8.66. The number of carbonyl (C=O) groups excluding carboxylic acids is 2. The van der Waals surface area contributed by atoms with Gasteiger partial charge in [-0.1, -0.05) is 12.1 Å². The Bertz CT molecular complexity index is 543. The van der Waals surface area contributed by atoms with E-state index in [0.717, 1.165) is 11.0 Å². The average Bonchev–Trinajstić information content (AvgIpc) is 2.78. The second-order valence-corrected chi connectivity index (χ2v) is 3.84. The molecule has 94 valence electrons. The van der Waals surface area contributed by atoms with Crippen molar-refractivity contribution < 1.29 is 9.59 Å². The highest BCUT2D eigenvalue weighted by atomic mass is 16.2. The van der Waals surface area contributed by atoms with Gasteiger partial charge < -0.3 is 15.6 Å². The van der Waals surface area contributed by atoms with E-state index in [1.807, 2.05) is 24.3 Å². The number of hydrogen-bond donors (Lipinski definition) is 3. The highest BCUT2D eigenvalue weighted by Gasteiger charge is 2.10. The number of fused-ring (bicyclic) bond motifs is 1. The molecule has 0 spiro atoms. The fourth-order valence-electron chi connectivity index (χ4n) is 1.56. The van der Waals surface area contributed by atoms with Gasteiger partial charge in [0.25, 0.3) is 5.91 Å². The summed E-state index contributed by atoms with van der Waals surface area (Å²) >= 11 is 0. The summed E-state index contributed by atoms with van der Waals surface area (Å²) in [5, 5.41) is 5.26. The zero-order valence-corrected chi connectivity index (χ0v) is 9.99. The molecule has 18 heavy (non-hydrogen) atoms. The van der Waals surface area contributed by atoms with Crippen LogP contribution in [-0.4, -0.2) is 34.9 Å². The van der Waals surface area contributed by atoms with E-state index in [0.29, 0.717) is 13.1 Å². The molecule has 0 unspecified atom stereocenters. The monoisotopic (exact) mass is 246 g/mol. The Morgan fingerprint density at radius 3 is 2.67 bits per heavy atom. The first-order valence-corrected chi connectivity index (χ1v) is 5.64. The summed E-state index contributed by atoms with van der Waals surface area (Å²) in [6, 6.07) is 7.43. The van der Waals surface area contributed by atoms with E-state index in [1.54, 1.807) is 0 Å². The number of aromatic nitrogens is 2. The average molecular weight is 246 g/mol. The van der Waals surface area contributed by atoms with Crippen LogP contribution in [0, 0.1) is 0 Å². The molecule has 0 atom stereocenters. The second-order valence-electron chi connectivity index (χ2n) is 3.84. The summed E-state index contributed by atoms with van der Waals surface area (Å²) in [6.45, 7) is 2.21. The first kappa shape index (κ1) is 12.1. The molecule has 0 fully saturated rings. The van der Waals surface area contributed by atoms with E-state index < -0.39 is 0 Å². The van der Waals surface area contributed by atoms with Gasteiger partial charge in [-0.15, -0.1) is 0 Å². The van der Waals surface area contributed by atoms with Crippen LogP contribution < -0.4 is 10.6 Å². The standard InChI is InChI=1S/C12H14N4O2/c1-8(17)13-6-7-14-12(18)11-15-9-4-2-3-5-10(9)16-11/h2-5H,6-7H2,1H3,(H,13,17)(H,14,18)(H,15,16). The maximum Gasteiger partial charge on any atom is 0.287 e. The third-order valence-corrected chi connectivity index (χ3v) is 2.39. The Balaban J connectivity index is 1.94. The van der Waals surface area contributed by atoms with Gasteiger partial charge in [-0.3, -0.25) is 9.59 Å². The third-order valence-electron chi connectivity index (χ3n) is 2.39. The molecule has 1 aromatic heterocycles. The van der Waals surface area contributed by atoms with Crippen LogP contribution in [0.2, 0.25) is 0 Å². The van der Waals surface area contributed by atoms with Crippen molar-refractivity contribution in [2.75, 3.05) is 13.1 Å². The van der Waals surface area contributed by atoms with E-state index in [1.165, 1.54) is 6.92 Å². The molecule has 0 bridgehead atoms. The molecule has 1 aromatic carbocycles. The van der Waals surface area contributed by atoms with E-state index >= 15 is 0 Å². The van der Waals surface area contributed by atoms with Gasteiger partial charge in [0.15, 0.2) is 5.82 Å². The molecule has 1 heterocycles. The lowest BCUT2D eigenvalue weighted by atomic mass is 10.3. The van der Waals surface area contributed by atoms with Gasteiger partial charge in [-0.05, 0) is 12.1 Å². The lowest BCUT2D eigenvalue weighted by molar-refractivity contribution is -0.118. The van der Waals surface area contributed by atoms with Crippen molar-refractivity contribution in [1.29, 1.82) is 0 Å². The number of amides is 2. The number of hydrogen-bond acceptors (Lipinski definition) is 3. The minimum atomic E-state index is -0.281. The van der Waals surface area contributed by atoms with Crippen molar-refractivity contribution in [3.8, 4) is 0 Å². The van der Waals surface area contributed by atoms with E-state index in [-0.39, 0.29) is 17.6 Å².